The highest BCUT2D eigenvalue weighted by Gasteiger charge is 2.20. The number of carboxylic acid groups (broad SMARTS) is 1. The summed E-state index contributed by atoms with van der Waals surface area (Å²) < 4.78 is 0. The number of nitrogens with one attached hydrogen (secondary N) is 1. The second-order valence-electron chi connectivity index (χ2n) is 5.14. The van der Waals surface area contributed by atoms with Gasteiger partial charge in [0, 0.05) is 17.9 Å². The first-order valence-corrected chi connectivity index (χ1v) is 6.94. The predicted octanol–water partition coefficient (Wildman–Crippen LogP) is 2.12. The van der Waals surface area contributed by atoms with Crippen LogP contribution in [0.15, 0.2) is 47.3 Å². The van der Waals surface area contributed by atoms with E-state index in [-0.39, 0.29) is 17.5 Å². The van der Waals surface area contributed by atoms with Crippen molar-refractivity contribution in [3.63, 3.8) is 0 Å². The van der Waals surface area contributed by atoms with Crippen molar-refractivity contribution in [2.45, 2.75) is 6.42 Å². The molecule has 24 heavy (non-hydrogen) atoms. The van der Waals surface area contributed by atoms with Crippen LogP contribution in [0.1, 0.15) is 21.6 Å². The molecule has 0 aliphatic heterocycles. The van der Waals surface area contributed by atoms with E-state index in [4.69, 9.17) is 5.11 Å². The Bertz CT molecular complexity index is 1030. The summed E-state index contributed by atoms with van der Waals surface area (Å²) in [5.41, 5.74) is -0.0702. The molecule has 8 nitrogen and oxygen atoms in total. The van der Waals surface area contributed by atoms with Crippen LogP contribution in [0.25, 0.3) is 10.8 Å². The molecular weight excluding hydrogens is 314 g/mol. The zero-order valence-corrected chi connectivity index (χ0v) is 12.2. The summed E-state index contributed by atoms with van der Waals surface area (Å²) in [4.78, 5) is 33.2. The molecule has 0 fully saturated rings. The Morgan fingerprint density at radius 2 is 1.92 bits per heavy atom. The fourth-order valence-electron chi connectivity index (χ4n) is 2.52. The lowest BCUT2D eigenvalue weighted by atomic mass is 10.0. The molecule has 0 radical (unpaired) electrons. The Morgan fingerprint density at radius 3 is 2.58 bits per heavy atom. The first kappa shape index (κ1) is 15.3. The second-order valence-corrected chi connectivity index (χ2v) is 5.14. The lowest BCUT2D eigenvalue weighted by molar-refractivity contribution is -0.385. The van der Waals surface area contributed by atoms with E-state index in [2.05, 4.69) is 10.2 Å². The molecule has 3 aromatic rings. The molecule has 1 heterocycles. The zero-order chi connectivity index (χ0) is 17.3. The molecule has 8 heteroatoms. The summed E-state index contributed by atoms with van der Waals surface area (Å²) in [7, 11) is 0. The van der Waals surface area contributed by atoms with Gasteiger partial charge in [0.1, 0.15) is 5.56 Å². The summed E-state index contributed by atoms with van der Waals surface area (Å²) in [6.45, 7) is 0. The maximum absolute atomic E-state index is 11.8. The third kappa shape index (κ3) is 2.72. The molecule has 120 valence electrons. The van der Waals surface area contributed by atoms with Crippen molar-refractivity contribution in [2.75, 3.05) is 0 Å². The van der Waals surface area contributed by atoms with E-state index < -0.39 is 16.6 Å². The van der Waals surface area contributed by atoms with E-state index in [0.717, 1.165) is 6.07 Å². The molecule has 0 aliphatic carbocycles. The second kappa shape index (κ2) is 5.92. The minimum Gasteiger partial charge on any atom is -0.477 e. The molecule has 1 aromatic heterocycles. The van der Waals surface area contributed by atoms with E-state index in [0.29, 0.717) is 22.0 Å². The number of rotatable bonds is 4. The number of aromatic amines is 1. The van der Waals surface area contributed by atoms with Crippen LogP contribution in [-0.4, -0.2) is 26.2 Å². The molecule has 0 amide bonds. The Morgan fingerprint density at radius 1 is 1.21 bits per heavy atom. The van der Waals surface area contributed by atoms with Crippen LogP contribution < -0.4 is 5.56 Å². The average Bonchev–Trinajstić information content (AvgIpc) is 2.57. The van der Waals surface area contributed by atoms with Crippen LogP contribution >= 0.6 is 0 Å². The van der Waals surface area contributed by atoms with Crippen molar-refractivity contribution in [1.29, 1.82) is 0 Å². The summed E-state index contributed by atoms with van der Waals surface area (Å²) >= 11 is 0. The molecule has 0 saturated carbocycles. The summed E-state index contributed by atoms with van der Waals surface area (Å²) in [6.07, 6.45) is 0.232. The van der Waals surface area contributed by atoms with Crippen LogP contribution in [0.5, 0.6) is 0 Å². The lowest BCUT2D eigenvalue weighted by Gasteiger charge is -2.06. The molecule has 2 aromatic carbocycles. The van der Waals surface area contributed by atoms with Crippen molar-refractivity contribution in [2.24, 2.45) is 0 Å². The first-order chi connectivity index (χ1) is 11.5. The smallest absolute Gasteiger partial charge is 0.342 e. The van der Waals surface area contributed by atoms with Gasteiger partial charge in [0.25, 0.3) is 11.2 Å². The highest BCUT2D eigenvalue weighted by Crippen LogP contribution is 2.23. The van der Waals surface area contributed by atoms with Gasteiger partial charge in [0.2, 0.25) is 0 Å². The third-order valence-electron chi connectivity index (χ3n) is 3.63. The number of fused-ring (bicyclic) bond motifs is 1. The Kier molecular flexibility index (Phi) is 3.78. The SMILES string of the molecule is O=C(O)c1cc(Cc2n[nH]c(=O)c3ccccc23)ccc1[N+](=O)[O-]. The summed E-state index contributed by atoms with van der Waals surface area (Å²) in [5, 5.41) is 27.6. The normalized spacial score (nSPS) is 10.7. The fourth-order valence-corrected chi connectivity index (χ4v) is 2.52. The minimum absolute atomic E-state index is 0.232. The van der Waals surface area contributed by atoms with Gasteiger partial charge < -0.3 is 5.11 Å². The lowest BCUT2D eigenvalue weighted by Crippen LogP contribution is -2.11. The van der Waals surface area contributed by atoms with Gasteiger partial charge in [-0.05, 0) is 17.7 Å². The third-order valence-corrected chi connectivity index (χ3v) is 3.63. The van der Waals surface area contributed by atoms with Gasteiger partial charge >= 0.3 is 5.97 Å². The maximum atomic E-state index is 11.8. The quantitative estimate of drug-likeness (QED) is 0.559. The number of hydrogen-bond donors (Lipinski definition) is 2. The molecule has 0 saturated heterocycles. The van der Waals surface area contributed by atoms with E-state index in [1.54, 1.807) is 24.3 Å². The van der Waals surface area contributed by atoms with Crippen LogP contribution in [0.3, 0.4) is 0 Å². The number of aromatic nitrogens is 2. The van der Waals surface area contributed by atoms with E-state index in [1.807, 2.05) is 0 Å². The first-order valence-electron chi connectivity index (χ1n) is 6.94. The molecule has 3 rings (SSSR count). The van der Waals surface area contributed by atoms with Crippen molar-refractivity contribution in [3.05, 3.63) is 79.8 Å². The van der Waals surface area contributed by atoms with Crippen molar-refractivity contribution in [3.8, 4) is 0 Å². The van der Waals surface area contributed by atoms with Crippen LogP contribution in [-0.2, 0) is 6.42 Å². The number of hydrogen-bond acceptors (Lipinski definition) is 5. The maximum Gasteiger partial charge on any atom is 0.342 e. The van der Waals surface area contributed by atoms with E-state index in [9.17, 15) is 19.7 Å². The number of nitrogens with zero attached hydrogens (tertiary/aromatic N) is 2. The Labute approximate surface area is 134 Å². The van der Waals surface area contributed by atoms with Crippen molar-refractivity contribution >= 4 is 22.4 Å². The van der Waals surface area contributed by atoms with E-state index in [1.165, 1.54) is 12.1 Å². The number of benzene rings is 2. The number of carbonyl (C=O) groups is 1. The molecule has 0 unspecified atom stereocenters. The summed E-state index contributed by atoms with van der Waals surface area (Å²) in [5.74, 6) is -1.37. The number of nitro groups is 1. The number of aromatic carboxylic acids is 1. The number of carboxylic acids is 1. The molecule has 0 aliphatic rings. The van der Waals surface area contributed by atoms with Crippen LogP contribution in [0.2, 0.25) is 0 Å². The topological polar surface area (TPSA) is 126 Å². The molecular formula is C16H11N3O5. The molecule has 0 bridgehead atoms. The van der Waals surface area contributed by atoms with Crippen molar-refractivity contribution < 1.29 is 14.8 Å². The van der Waals surface area contributed by atoms with Crippen LogP contribution in [0.4, 0.5) is 5.69 Å². The van der Waals surface area contributed by atoms with Gasteiger partial charge in [-0.2, -0.15) is 5.10 Å². The fraction of sp³-hybridized carbons (Fsp3) is 0.0625. The predicted molar refractivity (Wildman–Crippen MR) is 85.2 cm³/mol. The molecule has 0 atom stereocenters. The highest BCUT2D eigenvalue weighted by molar-refractivity contribution is 5.92. The number of nitro benzene ring substituents is 1. The monoisotopic (exact) mass is 325 g/mol. The zero-order valence-electron chi connectivity index (χ0n) is 12.2. The molecule has 2 N–H and O–H groups in total. The largest absolute Gasteiger partial charge is 0.477 e. The average molecular weight is 325 g/mol. The van der Waals surface area contributed by atoms with Gasteiger partial charge in [-0.15, -0.1) is 0 Å². The number of H-pyrrole nitrogens is 1. The van der Waals surface area contributed by atoms with Gasteiger partial charge in [0.15, 0.2) is 0 Å². The Hall–Kier alpha value is -3.55. The van der Waals surface area contributed by atoms with Gasteiger partial charge in [-0.25, -0.2) is 9.89 Å². The van der Waals surface area contributed by atoms with Gasteiger partial charge in [-0.3, -0.25) is 14.9 Å². The Balaban J connectivity index is 2.08. The van der Waals surface area contributed by atoms with Gasteiger partial charge in [0.05, 0.1) is 16.0 Å². The minimum atomic E-state index is -1.37. The van der Waals surface area contributed by atoms with Gasteiger partial charge in [-0.1, -0.05) is 24.3 Å². The summed E-state index contributed by atoms with van der Waals surface area (Å²) in [6, 6.07) is 10.8. The standard InChI is InChI=1S/C16H11N3O5/c20-15-11-4-2-1-3-10(11)13(17-18-15)8-9-5-6-14(19(23)24)12(7-9)16(21)22/h1-7H,8H2,(H,18,20)(H,21,22). The van der Waals surface area contributed by atoms with Crippen molar-refractivity contribution in [1.82, 2.24) is 10.2 Å². The highest BCUT2D eigenvalue weighted by atomic mass is 16.6. The van der Waals surface area contributed by atoms with E-state index >= 15 is 0 Å². The van der Waals surface area contributed by atoms with Crippen LogP contribution in [0, 0.1) is 10.1 Å². The molecule has 0 spiro atoms.